The van der Waals surface area contributed by atoms with Gasteiger partial charge in [0.2, 0.25) is 0 Å². The number of rotatable bonds is 1. The molecule has 1 heterocycles. The zero-order valence-electron chi connectivity index (χ0n) is 5.05. The summed E-state index contributed by atoms with van der Waals surface area (Å²) in [5, 5.41) is 1.15. The number of hydrogen-bond acceptors (Lipinski definition) is 1. The molecule has 0 radical (unpaired) electrons. The molecular formula is C6H6ClNZn. The third-order valence-corrected chi connectivity index (χ3v) is 2.06. The molecule has 0 N–H and O–H groups in total. The molecule has 3 heteroatoms. The van der Waals surface area contributed by atoms with Crippen molar-refractivity contribution in [2.45, 2.75) is 5.02 Å². The van der Waals surface area contributed by atoms with E-state index in [1.54, 1.807) is 0 Å². The van der Waals surface area contributed by atoms with Crippen molar-refractivity contribution in [3.05, 3.63) is 30.1 Å². The van der Waals surface area contributed by atoms with E-state index in [2.05, 4.69) is 11.1 Å². The Labute approximate surface area is 71.0 Å². The minimum absolute atomic E-state index is 0. The number of pyridine rings is 1. The number of aromatic nitrogens is 1. The second-order valence-electron chi connectivity index (χ2n) is 1.57. The van der Waals surface area contributed by atoms with Gasteiger partial charge in [0.05, 0.1) is 0 Å². The first-order chi connectivity index (χ1) is 3.93. The van der Waals surface area contributed by atoms with Gasteiger partial charge < -0.3 is 12.4 Å². The zero-order valence-corrected chi connectivity index (χ0v) is 8.77. The van der Waals surface area contributed by atoms with E-state index in [1.807, 2.05) is 18.3 Å². The average Bonchev–Trinajstić information content (AvgIpc) is 1.90. The van der Waals surface area contributed by atoms with Crippen molar-refractivity contribution in [2.24, 2.45) is 0 Å². The molecule has 1 aromatic heterocycles. The van der Waals surface area contributed by atoms with Crippen molar-refractivity contribution in [1.29, 1.82) is 0 Å². The first-order valence-electron chi connectivity index (χ1n) is 2.62. The van der Waals surface area contributed by atoms with Gasteiger partial charge >= 0.3 is 58.4 Å². The Morgan fingerprint density at radius 2 is 2.22 bits per heavy atom. The van der Waals surface area contributed by atoms with Crippen LogP contribution in [-0.2, 0) is 23.3 Å². The van der Waals surface area contributed by atoms with Gasteiger partial charge in [0, 0.05) is 0 Å². The molecule has 0 aliphatic heterocycles. The van der Waals surface area contributed by atoms with E-state index in [0.717, 1.165) is 5.02 Å². The van der Waals surface area contributed by atoms with Crippen molar-refractivity contribution in [3.8, 4) is 0 Å². The Kier molecular flexibility index (Phi) is 4.93. The third kappa shape index (κ3) is 2.93. The monoisotopic (exact) mass is 191 g/mol. The topological polar surface area (TPSA) is 12.9 Å². The van der Waals surface area contributed by atoms with E-state index in [0.29, 0.717) is 0 Å². The number of halogens is 1. The molecule has 0 fully saturated rings. The molecule has 0 spiro atoms. The van der Waals surface area contributed by atoms with Crippen molar-refractivity contribution in [1.82, 2.24) is 4.98 Å². The molecule has 44 valence electrons. The van der Waals surface area contributed by atoms with Crippen LogP contribution in [0.4, 0.5) is 0 Å². The fourth-order valence-corrected chi connectivity index (χ4v) is 1.17. The maximum absolute atomic E-state index is 4.13. The van der Waals surface area contributed by atoms with Gasteiger partial charge in [-0.05, 0) is 0 Å². The van der Waals surface area contributed by atoms with Gasteiger partial charge in [-0.1, -0.05) is 0 Å². The van der Waals surface area contributed by atoms with Crippen molar-refractivity contribution in [2.75, 3.05) is 0 Å². The van der Waals surface area contributed by atoms with Crippen LogP contribution in [0.5, 0.6) is 0 Å². The van der Waals surface area contributed by atoms with Crippen LogP contribution in [0, 0.1) is 0 Å². The Balaban J connectivity index is 0.000000640. The summed E-state index contributed by atoms with van der Waals surface area (Å²) in [7, 11) is 0. The van der Waals surface area contributed by atoms with Gasteiger partial charge in [0.25, 0.3) is 0 Å². The second kappa shape index (κ2) is 4.90. The Morgan fingerprint density at radius 1 is 1.44 bits per heavy atom. The minimum atomic E-state index is 0. The van der Waals surface area contributed by atoms with Gasteiger partial charge in [-0.2, -0.15) is 0 Å². The molecule has 0 atom stereocenters. The standard InChI is InChI=1S/C6H6N.ClH.Zn/c1-6-4-2-3-5-7-6;;/h2-5H,1H2;1H;/q;;+1/p-1. The molecule has 0 saturated carbocycles. The summed E-state index contributed by atoms with van der Waals surface area (Å²) in [6.45, 7) is 0. The van der Waals surface area contributed by atoms with Gasteiger partial charge in [-0.3, -0.25) is 0 Å². The molecular weight excluding hydrogens is 187 g/mol. The quantitative estimate of drug-likeness (QED) is 0.476. The zero-order chi connectivity index (χ0) is 5.82. The molecule has 0 aliphatic rings. The molecule has 0 amide bonds. The van der Waals surface area contributed by atoms with E-state index >= 15 is 0 Å². The Hall–Kier alpha value is 0.0634. The van der Waals surface area contributed by atoms with E-state index in [9.17, 15) is 0 Å². The number of hydrogen-bond donors (Lipinski definition) is 0. The predicted molar refractivity (Wildman–Crippen MR) is 27.9 cm³/mol. The van der Waals surface area contributed by atoms with E-state index < -0.39 is 0 Å². The van der Waals surface area contributed by atoms with Crippen molar-refractivity contribution < 1.29 is 30.7 Å². The summed E-state index contributed by atoms with van der Waals surface area (Å²) < 4.78 is 0. The summed E-state index contributed by atoms with van der Waals surface area (Å²) in [5.74, 6) is 0. The molecule has 9 heavy (non-hydrogen) atoms. The maximum atomic E-state index is 4.13. The van der Waals surface area contributed by atoms with Gasteiger partial charge in [0.15, 0.2) is 0 Å². The molecule has 1 rings (SSSR count). The van der Waals surface area contributed by atoms with Crippen LogP contribution < -0.4 is 12.4 Å². The molecule has 0 bridgehead atoms. The van der Waals surface area contributed by atoms with Gasteiger partial charge in [0.1, 0.15) is 0 Å². The van der Waals surface area contributed by atoms with Crippen molar-refractivity contribution >= 4 is 0 Å². The summed E-state index contributed by atoms with van der Waals surface area (Å²) in [4.78, 5) is 4.13. The Morgan fingerprint density at radius 3 is 2.56 bits per heavy atom. The SMILES string of the molecule is [Cl-].[Zn+][CH2]c1ccccn1. The van der Waals surface area contributed by atoms with Crippen LogP contribution in [-0.4, -0.2) is 4.98 Å². The van der Waals surface area contributed by atoms with Gasteiger partial charge in [-0.25, -0.2) is 0 Å². The molecule has 0 unspecified atom stereocenters. The normalized spacial score (nSPS) is 8.22. The van der Waals surface area contributed by atoms with E-state index in [-0.39, 0.29) is 12.4 Å². The summed E-state index contributed by atoms with van der Waals surface area (Å²) in [5.41, 5.74) is 1.22. The van der Waals surface area contributed by atoms with Crippen LogP contribution in [0.2, 0.25) is 0 Å². The van der Waals surface area contributed by atoms with Crippen LogP contribution in [0.1, 0.15) is 5.69 Å². The number of nitrogens with zero attached hydrogens (tertiary/aromatic N) is 1. The molecule has 1 aromatic rings. The van der Waals surface area contributed by atoms with Crippen LogP contribution >= 0.6 is 0 Å². The summed E-state index contributed by atoms with van der Waals surface area (Å²) in [6, 6.07) is 6.03. The Bertz CT molecular complexity index is 154. The van der Waals surface area contributed by atoms with Gasteiger partial charge in [-0.15, -0.1) is 0 Å². The van der Waals surface area contributed by atoms with E-state index in [4.69, 9.17) is 0 Å². The second-order valence-corrected chi connectivity index (χ2v) is 2.62. The van der Waals surface area contributed by atoms with E-state index in [1.165, 1.54) is 24.0 Å². The van der Waals surface area contributed by atoms with Crippen LogP contribution in [0.25, 0.3) is 0 Å². The summed E-state index contributed by atoms with van der Waals surface area (Å²) in [6.07, 6.45) is 1.84. The predicted octanol–water partition coefficient (Wildman–Crippen LogP) is -1.87. The first kappa shape index (κ1) is 9.06. The van der Waals surface area contributed by atoms with Crippen LogP contribution in [0.3, 0.4) is 0 Å². The molecule has 1 nitrogen and oxygen atoms in total. The molecule has 0 aromatic carbocycles. The fraction of sp³-hybridized carbons (Fsp3) is 0.167. The first-order valence-corrected chi connectivity index (χ1v) is 4.72. The average molecular weight is 193 g/mol. The molecule has 0 saturated heterocycles. The van der Waals surface area contributed by atoms with Crippen LogP contribution in [0.15, 0.2) is 24.4 Å². The third-order valence-electron chi connectivity index (χ3n) is 0.982. The van der Waals surface area contributed by atoms with Crippen molar-refractivity contribution in [3.63, 3.8) is 0 Å². The summed E-state index contributed by atoms with van der Waals surface area (Å²) >= 11 is 1.30. The molecule has 0 aliphatic carbocycles. The fourth-order valence-electron chi connectivity index (χ4n) is 0.546.